The molecule has 0 unspecified atom stereocenters. The zero-order chi connectivity index (χ0) is 40.0. The monoisotopic (exact) mass is 815 g/mol. The summed E-state index contributed by atoms with van der Waals surface area (Å²) in [6.45, 7) is 2.37. The fourth-order valence-corrected chi connectivity index (χ4v) is 7.24. The van der Waals surface area contributed by atoms with Crippen LogP contribution in [-0.2, 0) is 20.1 Å². The average molecular weight is 816 g/mol. The number of thioether (sulfide) groups is 1. The minimum Gasteiger partial charge on any atom is -0.490 e. The summed E-state index contributed by atoms with van der Waals surface area (Å²) in [5.41, 5.74) is 15.2. The van der Waals surface area contributed by atoms with Gasteiger partial charge in [0.25, 0.3) is 0 Å². The summed E-state index contributed by atoms with van der Waals surface area (Å²) < 4.78 is 42.8. The maximum atomic E-state index is 12.1. The Hall–Kier alpha value is -4.91. The van der Waals surface area contributed by atoms with Gasteiger partial charge in [-0.15, -0.1) is 11.3 Å². The predicted molar refractivity (Wildman–Crippen MR) is 204 cm³/mol. The Kier molecular flexibility index (Phi) is 16.1. The molecular weight excluding hydrogens is 779 g/mol. The summed E-state index contributed by atoms with van der Waals surface area (Å²) in [5.74, 6) is -1.56. The first-order chi connectivity index (χ1) is 26.4. The van der Waals surface area contributed by atoms with Crippen molar-refractivity contribution in [1.29, 1.82) is 10.5 Å². The van der Waals surface area contributed by atoms with E-state index in [1.807, 2.05) is 41.8 Å². The van der Waals surface area contributed by atoms with E-state index in [0.717, 1.165) is 55.0 Å². The van der Waals surface area contributed by atoms with Crippen molar-refractivity contribution >= 4 is 52.5 Å². The van der Waals surface area contributed by atoms with Crippen LogP contribution in [0, 0.1) is 22.7 Å². The van der Waals surface area contributed by atoms with Crippen molar-refractivity contribution in [2.75, 3.05) is 37.7 Å². The number of aliphatic carboxylic acids is 1. The number of nitrogens with two attached hydrogens (primary N) is 2. The van der Waals surface area contributed by atoms with Crippen molar-refractivity contribution in [3.05, 3.63) is 75.8 Å². The second kappa shape index (κ2) is 20.7. The molecule has 55 heavy (non-hydrogen) atoms. The van der Waals surface area contributed by atoms with E-state index in [0.29, 0.717) is 62.6 Å². The molecule has 0 aliphatic carbocycles. The lowest BCUT2D eigenvalue weighted by atomic mass is 9.96. The number of pyridine rings is 1. The van der Waals surface area contributed by atoms with Gasteiger partial charge in [0, 0.05) is 40.4 Å². The number of ether oxygens (including phenoxy) is 2. The highest BCUT2D eigenvalue weighted by molar-refractivity contribution is 7.98. The second-order valence-electron chi connectivity index (χ2n) is 12.0. The van der Waals surface area contributed by atoms with Crippen molar-refractivity contribution in [3.63, 3.8) is 0 Å². The van der Waals surface area contributed by atoms with Crippen LogP contribution in [0.25, 0.3) is 21.7 Å². The summed E-state index contributed by atoms with van der Waals surface area (Å²) >= 11 is 9.03. The van der Waals surface area contributed by atoms with E-state index >= 15 is 0 Å². The van der Waals surface area contributed by atoms with Crippen LogP contribution < -0.4 is 21.1 Å². The molecule has 4 aromatic rings. The number of halogens is 4. The Balaban J connectivity index is 0.000000876. The number of esters is 1. The van der Waals surface area contributed by atoms with Gasteiger partial charge in [-0.2, -0.15) is 23.7 Å². The number of carboxylic acids is 1. The maximum Gasteiger partial charge on any atom is 0.490 e. The minimum absolute atomic E-state index is 0.0621. The van der Waals surface area contributed by atoms with E-state index in [1.54, 1.807) is 23.5 Å². The number of thiazole rings is 1. The molecule has 2 aromatic heterocycles. The molecular formula is C37H37ClF3N7O5S2. The summed E-state index contributed by atoms with van der Waals surface area (Å²) in [4.78, 5) is 32.8. The molecule has 3 heterocycles. The van der Waals surface area contributed by atoms with Gasteiger partial charge in [-0.05, 0) is 62.1 Å². The highest BCUT2D eigenvalue weighted by Gasteiger charge is 2.38. The summed E-state index contributed by atoms with van der Waals surface area (Å²) in [7, 11) is 0. The molecule has 0 saturated carbocycles. The third-order valence-electron chi connectivity index (χ3n) is 8.03. The van der Waals surface area contributed by atoms with E-state index < -0.39 is 24.2 Å². The molecule has 2 aromatic carbocycles. The zero-order valence-corrected chi connectivity index (χ0v) is 31.7. The van der Waals surface area contributed by atoms with Crippen LogP contribution in [0.5, 0.6) is 5.75 Å². The van der Waals surface area contributed by atoms with Gasteiger partial charge in [0.15, 0.2) is 0 Å². The molecule has 0 bridgehead atoms. The number of carbonyl (C=O) groups excluding carboxylic acids is 1. The molecule has 1 aliphatic heterocycles. The largest absolute Gasteiger partial charge is 0.490 e. The first kappa shape index (κ1) is 42.8. The van der Waals surface area contributed by atoms with E-state index in [1.165, 1.54) is 11.8 Å². The van der Waals surface area contributed by atoms with Crippen molar-refractivity contribution in [2.45, 2.75) is 55.1 Å². The number of anilines is 1. The molecule has 1 atom stereocenters. The number of nitriles is 2. The molecule has 5 rings (SSSR count). The van der Waals surface area contributed by atoms with Gasteiger partial charge in [0.1, 0.15) is 58.6 Å². The Bertz CT molecular complexity index is 2000. The fourth-order valence-electron chi connectivity index (χ4n) is 5.31. The van der Waals surface area contributed by atoms with Gasteiger partial charge in [-0.25, -0.2) is 14.8 Å². The number of aromatic nitrogens is 2. The predicted octanol–water partition coefficient (Wildman–Crippen LogP) is 7.17. The molecule has 5 N–H and O–H groups in total. The van der Waals surface area contributed by atoms with Crippen molar-refractivity contribution in [3.8, 4) is 39.6 Å². The quantitative estimate of drug-likeness (QED) is 0.0620. The smallest absolute Gasteiger partial charge is 0.490 e. The molecule has 12 nitrogen and oxygen atoms in total. The normalized spacial score (nSPS) is 12.9. The standard InChI is InChI=1S/C35H36ClN7O3S2.C2HF3O2/c36-25-10-6-24(7-11-25)33-41-26(21-47-33)22-48-34-29(20-39)31(28(19-38)32(42-34)43-15-3-4-16-43)23-8-12-27(13-9-23)45-17-18-46-35(44)30(40)5-1-2-14-37;3-2(4,5)1(6)7/h6-13,21,30H,1-5,14-18,22,37,40H2;(H,6,7)/t30-;/m0./s1. The highest BCUT2D eigenvalue weighted by Crippen LogP contribution is 2.40. The number of benzene rings is 2. The summed E-state index contributed by atoms with van der Waals surface area (Å²) in [5, 5.41) is 32.0. The molecule has 0 spiro atoms. The number of alkyl halides is 3. The third kappa shape index (κ3) is 12.3. The molecule has 290 valence electrons. The van der Waals surface area contributed by atoms with Crippen LogP contribution in [0.1, 0.15) is 48.9 Å². The lowest BCUT2D eigenvalue weighted by Crippen LogP contribution is -2.33. The number of carbonyl (C=O) groups is 2. The van der Waals surface area contributed by atoms with Crippen molar-refractivity contribution in [2.24, 2.45) is 11.5 Å². The first-order valence-electron chi connectivity index (χ1n) is 17.0. The number of hydrogen-bond acceptors (Lipinski definition) is 13. The molecule has 1 fully saturated rings. The molecule has 0 amide bonds. The Morgan fingerprint density at radius 1 is 1.00 bits per heavy atom. The van der Waals surface area contributed by atoms with E-state index in [4.69, 9.17) is 52.4 Å². The van der Waals surface area contributed by atoms with Gasteiger partial charge in [0.05, 0.1) is 11.3 Å². The lowest BCUT2D eigenvalue weighted by Gasteiger charge is -2.22. The van der Waals surface area contributed by atoms with E-state index in [-0.39, 0.29) is 13.2 Å². The average Bonchev–Trinajstić information content (AvgIpc) is 3.89. The molecule has 0 radical (unpaired) electrons. The zero-order valence-electron chi connectivity index (χ0n) is 29.4. The van der Waals surface area contributed by atoms with Crippen LogP contribution in [0.2, 0.25) is 5.02 Å². The Morgan fingerprint density at radius 3 is 2.24 bits per heavy atom. The molecule has 1 aliphatic rings. The lowest BCUT2D eigenvalue weighted by molar-refractivity contribution is -0.192. The van der Waals surface area contributed by atoms with Crippen LogP contribution in [0.3, 0.4) is 0 Å². The first-order valence-corrected chi connectivity index (χ1v) is 19.2. The van der Waals surface area contributed by atoms with E-state index in [2.05, 4.69) is 17.0 Å². The molecule has 18 heteroatoms. The number of rotatable bonds is 15. The summed E-state index contributed by atoms with van der Waals surface area (Å²) in [6.07, 6.45) is -0.954. The maximum absolute atomic E-state index is 12.1. The van der Waals surface area contributed by atoms with Gasteiger partial charge >= 0.3 is 18.1 Å². The van der Waals surface area contributed by atoms with Gasteiger partial charge < -0.3 is 30.9 Å². The van der Waals surface area contributed by atoms with Crippen LogP contribution in [0.4, 0.5) is 19.0 Å². The van der Waals surface area contributed by atoms with Crippen LogP contribution in [-0.4, -0.2) is 72.1 Å². The summed E-state index contributed by atoms with van der Waals surface area (Å²) in [6, 6.07) is 18.8. The van der Waals surface area contributed by atoms with Gasteiger partial charge in [-0.3, -0.25) is 4.79 Å². The van der Waals surface area contributed by atoms with Crippen LogP contribution in [0.15, 0.2) is 58.9 Å². The fraction of sp³-hybridized carbons (Fsp3) is 0.351. The SMILES string of the molecule is N#Cc1c(SCc2csc(-c3ccc(Cl)cc3)n2)nc(N2CCCC2)c(C#N)c1-c1ccc(OCCOC(=O)[C@@H](N)CCCCN)cc1.O=C(O)C(F)(F)F. The van der Waals surface area contributed by atoms with Gasteiger partial charge in [-0.1, -0.05) is 54.0 Å². The van der Waals surface area contributed by atoms with E-state index in [9.17, 15) is 28.5 Å². The Morgan fingerprint density at radius 2 is 1.64 bits per heavy atom. The number of nitrogens with zero attached hydrogens (tertiary/aromatic N) is 5. The second-order valence-corrected chi connectivity index (χ2v) is 14.2. The number of hydrogen-bond donors (Lipinski definition) is 3. The number of carboxylic acid groups (broad SMARTS) is 1. The third-order valence-corrected chi connectivity index (χ3v) is 10.2. The molecule has 1 saturated heterocycles. The Labute approximate surface area is 328 Å². The topological polar surface area (TPSA) is 201 Å². The number of unbranched alkanes of at least 4 members (excludes halogenated alkanes) is 1. The van der Waals surface area contributed by atoms with Crippen molar-refractivity contribution < 1.29 is 37.3 Å². The van der Waals surface area contributed by atoms with Gasteiger partial charge in [0.2, 0.25) is 0 Å². The van der Waals surface area contributed by atoms with Crippen LogP contribution >= 0.6 is 34.7 Å². The van der Waals surface area contributed by atoms with Crippen molar-refractivity contribution in [1.82, 2.24) is 9.97 Å². The highest BCUT2D eigenvalue weighted by atomic mass is 35.5. The minimum atomic E-state index is -5.08.